The van der Waals surface area contributed by atoms with E-state index in [-0.39, 0.29) is 11.8 Å². The lowest BCUT2D eigenvalue weighted by molar-refractivity contribution is -0.126. The van der Waals surface area contributed by atoms with E-state index in [4.69, 9.17) is 0 Å². The Morgan fingerprint density at radius 3 is 2.41 bits per heavy atom. The molecule has 1 atom stereocenters. The highest BCUT2D eigenvalue weighted by Crippen LogP contribution is 2.20. The summed E-state index contributed by atoms with van der Waals surface area (Å²) in [6, 6.07) is 17.5. The summed E-state index contributed by atoms with van der Waals surface area (Å²) in [5.41, 5.74) is 5.18. The molecule has 0 spiro atoms. The molecule has 2 aliphatic rings. The molecule has 0 saturated carbocycles. The molecule has 2 aromatic carbocycles. The number of aryl methyl sites for hydroxylation is 1. The number of carbonyl (C=O) groups excluding carboxylic acids is 1. The largest absolute Gasteiger partial charge is 0.352 e. The van der Waals surface area contributed by atoms with Crippen LogP contribution in [0.2, 0.25) is 0 Å². The minimum Gasteiger partial charge on any atom is -0.352 e. The summed E-state index contributed by atoms with van der Waals surface area (Å²) in [7, 11) is 0. The van der Waals surface area contributed by atoms with Crippen LogP contribution in [0.5, 0.6) is 0 Å². The van der Waals surface area contributed by atoms with Gasteiger partial charge in [-0.1, -0.05) is 61.0 Å². The molecule has 2 heterocycles. The van der Waals surface area contributed by atoms with Crippen LogP contribution in [0.15, 0.2) is 48.5 Å². The molecule has 4 heteroatoms. The Morgan fingerprint density at radius 1 is 0.906 bits per heavy atom. The van der Waals surface area contributed by atoms with Gasteiger partial charge in [-0.3, -0.25) is 14.6 Å². The molecule has 0 bridgehead atoms. The minimum atomic E-state index is 0.0905. The van der Waals surface area contributed by atoms with E-state index in [2.05, 4.69) is 77.5 Å². The SMILES string of the molecule is Cc1ccc(CN2CCCC(C(=O)NCc3cccc(CN4CCC(C)CC4)c3)C2)cc1. The number of likely N-dealkylation sites (tertiary alicyclic amines) is 2. The second-order valence-electron chi connectivity index (χ2n) is 10.1. The first-order chi connectivity index (χ1) is 15.5. The zero-order chi connectivity index (χ0) is 22.3. The van der Waals surface area contributed by atoms with E-state index >= 15 is 0 Å². The summed E-state index contributed by atoms with van der Waals surface area (Å²) >= 11 is 0. The zero-order valence-electron chi connectivity index (χ0n) is 19.9. The highest BCUT2D eigenvalue weighted by Gasteiger charge is 2.25. The molecule has 2 aromatic rings. The highest BCUT2D eigenvalue weighted by molar-refractivity contribution is 5.79. The van der Waals surface area contributed by atoms with Crippen molar-refractivity contribution in [2.45, 2.75) is 59.2 Å². The summed E-state index contributed by atoms with van der Waals surface area (Å²) in [6.45, 7) is 11.4. The van der Waals surface area contributed by atoms with Gasteiger partial charge in [-0.25, -0.2) is 0 Å². The van der Waals surface area contributed by atoms with Gasteiger partial charge in [0.1, 0.15) is 0 Å². The van der Waals surface area contributed by atoms with E-state index < -0.39 is 0 Å². The van der Waals surface area contributed by atoms with Crippen LogP contribution in [0.4, 0.5) is 0 Å². The molecule has 4 nitrogen and oxygen atoms in total. The summed E-state index contributed by atoms with van der Waals surface area (Å²) in [4.78, 5) is 17.9. The van der Waals surface area contributed by atoms with Crippen LogP contribution in [0.25, 0.3) is 0 Å². The van der Waals surface area contributed by atoms with Crippen LogP contribution in [0.3, 0.4) is 0 Å². The first-order valence-electron chi connectivity index (χ1n) is 12.4. The van der Waals surface area contributed by atoms with Gasteiger partial charge >= 0.3 is 0 Å². The molecular weight excluding hydrogens is 394 g/mol. The van der Waals surface area contributed by atoms with E-state index in [9.17, 15) is 4.79 Å². The zero-order valence-corrected chi connectivity index (χ0v) is 19.9. The molecule has 32 heavy (non-hydrogen) atoms. The van der Waals surface area contributed by atoms with Crippen molar-refractivity contribution in [2.24, 2.45) is 11.8 Å². The average molecular weight is 434 g/mol. The second kappa shape index (κ2) is 11.1. The van der Waals surface area contributed by atoms with Gasteiger partial charge in [0.15, 0.2) is 0 Å². The normalized spacial score (nSPS) is 20.9. The van der Waals surface area contributed by atoms with Crippen molar-refractivity contribution in [2.75, 3.05) is 26.2 Å². The summed E-state index contributed by atoms with van der Waals surface area (Å²) < 4.78 is 0. The molecule has 2 aliphatic heterocycles. The smallest absolute Gasteiger partial charge is 0.224 e. The van der Waals surface area contributed by atoms with Crippen molar-refractivity contribution < 1.29 is 4.79 Å². The Balaban J connectivity index is 1.25. The van der Waals surface area contributed by atoms with Crippen LogP contribution in [0, 0.1) is 18.8 Å². The predicted octanol–water partition coefficient (Wildman–Crippen LogP) is 4.76. The Kier molecular flexibility index (Phi) is 7.99. The topological polar surface area (TPSA) is 35.6 Å². The van der Waals surface area contributed by atoms with Crippen LogP contribution in [-0.2, 0) is 24.4 Å². The predicted molar refractivity (Wildman–Crippen MR) is 131 cm³/mol. The van der Waals surface area contributed by atoms with Gasteiger partial charge in [-0.05, 0) is 74.8 Å². The third kappa shape index (κ3) is 6.66. The van der Waals surface area contributed by atoms with Gasteiger partial charge < -0.3 is 5.32 Å². The maximum Gasteiger partial charge on any atom is 0.224 e. The monoisotopic (exact) mass is 433 g/mol. The molecule has 0 radical (unpaired) electrons. The Hall–Kier alpha value is -2.17. The molecule has 2 fully saturated rings. The third-order valence-electron chi connectivity index (χ3n) is 7.14. The summed E-state index contributed by atoms with van der Waals surface area (Å²) in [6.07, 6.45) is 4.69. The quantitative estimate of drug-likeness (QED) is 0.684. The molecule has 172 valence electrons. The molecule has 0 aromatic heterocycles. The molecule has 4 rings (SSSR count). The van der Waals surface area contributed by atoms with Crippen molar-refractivity contribution in [3.63, 3.8) is 0 Å². The van der Waals surface area contributed by atoms with E-state index in [1.807, 2.05) is 0 Å². The number of benzene rings is 2. The minimum absolute atomic E-state index is 0.0905. The average Bonchev–Trinajstić information content (AvgIpc) is 2.81. The van der Waals surface area contributed by atoms with E-state index in [0.29, 0.717) is 6.54 Å². The van der Waals surface area contributed by atoms with Crippen LogP contribution < -0.4 is 5.32 Å². The standard InChI is InChI=1S/C28H39N3O/c1-22-8-10-24(11-9-22)19-31-14-4-7-27(21-31)28(32)29-18-25-5-3-6-26(17-25)20-30-15-12-23(2)13-16-30/h3,5-6,8-11,17,23,27H,4,7,12-16,18-21H2,1-2H3,(H,29,32). The number of carbonyl (C=O) groups is 1. The third-order valence-corrected chi connectivity index (χ3v) is 7.14. The molecular formula is C28H39N3O. The van der Waals surface area contributed by atoms with Crippen molar-refractivity contribution in [1.29, 1.82) is 0 Å². The lowest BCUT2D eigenvalue weighted by atomic mass is 9.96. The second-order valence-corrected chi connectivity index (χ2v) is 10.1. The first kappa shape index (κ1) is 23.0. The number of amides is 1. The lowest BCUT2D eigenvalue weighted by Gasteiger charge is -2.32. The van der Waals surface area contributed by atoms with Gasteiger partial charge in [-0.15, -0.1) is 0 Å². The molecule has 1 N–H and O–H groups in total. The fraction of sp³-hybridized carbons (Fsp3) is 0.536. The maximum absolute atomic E-state index is 12.9. The molecule has 0 aliphatic carbocycles. The van der Waals surface area contributed by atoms with Crippen molar-refractivity contribution in [3.8, 4) is 0 Å². The van der Waals surface area contributed by atoms with E-state index in [0.717, 1.165) is 44.9 Å². The fourth-order valence-corrected chi connectivity index (χ4v) is 5.01. The number of hydrogen-bond donors (Lipinski definition) is 1. The summed E-state index contributed by atoms with van der Waals surface area (Å²) in [5, 5.41) is 3.22. The van der Waals surface area contributed by atoms with Crippen LogP contribution >= 0.6 is 0 Å². The summed E-state index contributed by atoms with van der Waals surface area (Å²) in [5.74, 6) is 1.15. The number of nitrogens with zero attached hydrogens (tertiary/aromatic N) is 2. The Labute approximate surface area is 194 Å². The van der Waals surface area contributed by atoms with Gasteiger partial charge in [0.25, 0.3) is 0 Å². The van der Waals surface area contributed by atoms with Gasteiger partial charge in [0, 0.05) is 26.2 Å². The molecule has 1 amide bonds. The Morgan fingerprint density at radius 2 is 1.62 bits per heavy atom. The van der Waals surface area contributed by atoms with Crippen molar-refractivity contribution >= 4 is 5.91 Å². The van der Waals surface area contributed by atoms with Gasteiger partial charge in [0.05, 0.1) is 5.92 Å². The fourth-order valence-electron chi connectivity index (χ4n) is 5.01. The van der Waals surface area contributed by atoms with Gasteiger partial charge in [0.2, 0.25) is 5.91 Å². The van der Waals surface area contributed by atoms with Crippen LogP contribution in [-0.4, -0.2) is 41.9 Å². The highest BCUT2D eigenvalue weighted by atomic mass is 16.1. The number of hydrogen-bond acceptors (Lipinski definition) is 3. The number of rotatable bonds is 7. The van der Waals surface area contributed by atoms with Gasteiger partial charge in [-0.2, -0.15) is 0 Å². The Bertz CT molecular complexity index is 871. The van der Waals surface area contributed by atoms with E-state index in [1.165, 1.54) is 48.2 Å². The maximum atomic E-state index is 12.9. The van der Waals surface area contributed by atoms with Crippen LogP contribution in [0.1, 0.15) is 54.9 Å². The molecule has 1 unspecified atom stereocenters. The lowest BCUT2D eigenvalue weighted by Crippen LogP contribution is -2.42. The molecule has 2 saturated heterocycles. The van der Waals surface area contributed by atoms with Crippen molar-refractivity contribution in [1.82, 2.24) is 15.1 Å². The number of piperidine rings is 2. The van der Waals surface area contributed by atoms with Crippen molar-refractivity contribution in [3.05, 3.63) is 70.8 Å². The first-order valence-corrected chi connectivity index (χ1v) is 12.4. The van der Waals surface area contributed by atoms with E-state index in [1.54, 1.807) is 0 Å². The number of nitrogens with one attached hydrogen (secondary N) is 1.